The zero-order valence-electron chi connectivity index (χ0n) is 11.3. The summed E-state index contributed by atoms with van der Waals surface area (Å²) in [4.78, 5) is 23.3. The average Bonchev–Trinajstić information content (AvgIpc) is 2.48. The van der Waals surface area contributed by atoms with Gasteiger partial charge in [0.25, 0.3) is 21.5 Å². The molecule has 0 bridgehead atoms. The van der Waals surface area contributed by atoms with Gasteiger partial charge in [-0.05, 0) is 31.2 Å². The molecule has 0 aliphatic rings. The molecular formula is C14H14N2O4S. The van der Waals surface area contributed by atoms with Gasteiger partial charge in [-0.25, -0.2) is 12.4 Å². The minimum absolute atomic E-state index is 0.112. The molecule has 0 saturated heterocycles. The summed E-state index contributed by atoms with van der Waals surface area (Å²) in [5.74, 6) is -0.366. The van der Waals surface area contributed by atoms with Gasteiger partial charge >= 0.3 is 0 Å². The number of nitrogens with zero attached hydrogens (tertiary/aromatic N) is 1. The maximum absolute atomic E-state index is 12.4. The Kier molecular flexibility index (Phi) is 4.23. The minimum atomic E-state index is -4.02. The highest BCUT2D eigenvalue weighted by Crippen LogP contribution is 2.14. The zero-order chi connectivity index (χ0) is 15.5. The second kappa shape index (κ2) is 5.92. The van der Waals surface area contributed by atoms with Gasteiger partial charge < -0.3 is 5.32 Å². The van der Waals surface area contributed by atoms with Crippen LogP contribution in [0.3, 0.4) is 0 Å². The SMILES string of the molecule is CCNC(=O)c1cccc(S(=O)(=O)n2ccccc2=O)c1. The molecule has 1 heterocycles. The third-order valence-electron chi connectivity index (χ3n) is 2.78. The summed E-state index contributed by atoms with van der Waals surface area (Å²) in [7, 11) is -4.02. The van der Waals surface area contributed by atoms with Crippen molar-refractivity contribution in [1.29, 1.82) is 0 Å². The fourth-order valence-corrected chi connectivity index (χ4v) is 3.07. The number of aromatic nitrogens is 1. The summed E-state index contributed by atoms with van der Waals surface area (Å²) in [6.45, 7) is 2.20. The Morgan fingerprint density at radius 1 is 1.19 bits per heavy atom. The van der Waals surface area contributed by atoms with E-state index in [-0.39, 0.29) is 16.4 Å². The van der Waals surface area contributed by atoms with Crippen LogP contribution in [-0.4, -0.2) is 24.8 Å². The molecule has 0 aliphatic carbocycles. The standard InChI is InChI=1S/C14H14N2O4S/c1-2-15-14(18)11-6-5-7-12(10-11)21(19,20)16-9-4-3-8-13(16)17/h3-10H,2H2,1H3,(H,15,18). The third-order valence-corrected chi connectivity index (χ3v) is 4.45. The molecule has 110 valence electrons. The molecular weight excluding hydrogens is 292 g/mol. The van der Waals surface area contributed by atoms with Gasteiger partial charge in [0.2, 0.25) is 0 Å². The number of benzene rings is 1. The maximum atomic E-state index is 12.4. The second-order valence-corrected chi connectivity index (χ2v) is 6.04. The highest BCUT2D eigenvalue weighted by Gasteiger charge is 2.19. The largest absolute Gasteiger partial charge is 0.352 e. The molecule has 1 aromatic heterocycles. The Balaban J connectivity index is 2.52. The van der Waals surface area contributed by atoms with E-state index in [1.807, 2.05) is 0 Å². The first-order valence-corrected chi connectivity index (χ1v) is 7.72. The number of rotatable bonds is 4. The van der Waals surface area contributed by atoms with Crippen molar-refractivity contribution in [2.75, 3.05) is 6.54 Å². The Hall–Kier alpha value is -2.41. The maximum Gasteiger partial charge on any atom is 0.270 e. The van der Waals surface area contributed by atoms with E-state index in [2.05, 4.69) is 5.32 Å². The molecule has 0 fully saturated rings. The smallest absolute Gasteiger partial charge is 0.270 e. The Bertz CT molecular complexity index is 825. The minimum Gasteiger partial charge on any atom is -0.352 e. The molecule has 21 heavy (non-hydrogen) atoms. The van der Waals surface area contributed by atoms with Gasteiger partial charge in [0.1, 0.15) is 0 Å². The molecule has 0 aliphatic heterocycles. The van der Waals surface area contributed by atoms with E-state index in [0.717, 1.165) is 6.07 Å². The monoisotopic (exact) mass is 306 g/mol. The van der Waals surface area contributed by atoms with Crippen molar-refractivity contribution in [3.8, 4) is 0 Å². The summed E-state index contributed by atoms with van der Waals surface area (Å²) < 4.78 is 25.5. The van der Waals surface area contributed by atoms with Crippen molar-refractivity contribution in [3.05, 3.63) is 64.6 Å². The van der Waals surface area contributed by atoms with Gasteiger partial charge in [-0.1, -0.05) is 12.1 Å². The molecule has 0 spiro atoms. The van der Waals surface area contributed by atoms with E-state index >= 15 is 0 Å². The lowest BCUT2D eigenvalue weighted by atomic mass is 10.2. The second-order valence-electron chi connectivity index (χ2n) is 4.23. The fourth-order valence-electron chi connectivity index (χ4n) is 1.79. The van der Waals surface area contributed by atoms with Crippen molar-refractivity contribution in [2.45, 2.75) is 11.8 Å². The summed E-state index contributed by atoms with van der Waals surface area (Å²) in [6.07, 6.45) is 1.18. The van der Waals surface area contributed by atoms with E-state index in [1.165, 1.54) is 42.6 Å². The Morgan fingerprint density at radius 2 is 1.95 bits per heavy atom. The first-order chi connectivity index (χ1) is 9.96. The molecule has 2 rings (SSSR count). The zero-order valence-corrected chi connectivity index (χ0v) is 12.1. The van der Waals surface area contributed by atoms with Gasteiger partial charge in [-0.3, -0.25) is 9.59 Å². The average molecular weight is 306 g/mol. The van der Waals surface area contributed by atoms with E-state index in [0.29, 0.717) is 10.5 Å². The van der Waals surface area contributed by atoms with Crippen LogP contribution in [0.1, 0.15) is 17.3 Å². The van der Waals surface area contributed by atoms with Gasteiger partial charge in [0.15, 0.2) is 0 Å². The van der Waals surface area contributed by atoms with E-state index in [9.17, 15) is 18.0 Å². The molecule has 2 aromatic rings. The topological polar surface area (TPSA) is 85.2 Å². The van der Waals surface area contributed by atoms with Crippen molar-refractivity contribution >= 4 is 15.9 Å². The molecule has 1 aromatic carbocycles. The number of carbonyl (C=O) groups excluding carboxylic acids is 1. The number of hydrogen-bond acceptors (Lipinski definition) is 4. The van der Waals surface area contributed by atoms with E-state index in [1.54, 1.807) is 6.92 Å². The van der Waals surface area contributed by atoms with Crippen LogP contribution in [0.5, 0.6) is 0 Å². The number of hydrogen-bond donors (Lipinski definition) is 1. The van der Waals surface area contributed by atoms with Gasteiger partial charge in [0, 0.05) is 24.4 Å². The van der Waals surface area contributed by atoms with Crippen molar-refractivity contribution in [3.63, 3.8) is 0 Å². The molecule has 7 heteroatoms. The predicted molar refractivity (Wildman–Crippen MR) is 77.7 cm³/mol. The fraction of sp³-hybridized carbons (Fsp3) is 0.143. The van der Waals surface area contributed by atoms with E-state index < -0.39 is 15.6 Å². The lowest BCUT2D eigenvalue weighted by Crippen LogP contribution is -2.27. The molecule has 1 N–H and O–H groups in total. The Labute approximate surface area is 122 Å². The van der Waals surface area contributed by atoms with Crippen LogP contribution < -0.4 is 10.9 Å². The van der Waals surface area contributed by atoms with Crippen molar-refractivity contribution in [1.82, 2.24) is 9.29 Å². The van der Waals surface area contributed by atoms with Crippen molar-refractivity contribution < 1.29 is 13.2 Å². The molecule has 1 amide bonds. The van der Waals surface area contributed by atoms with E-state index in [4.69, 9.17) is 0 Å². The van der Waals surface area contributed by atoms with Crippen LogP contribution in [-0.2, 0) is 10.0 Å². The first kappa shape index (κ1) is 15.0. The molecule has 0 unspecified atom stereocenters. The first-order valence-electron chi connectivity index (χ1n) is 6.28. The van der Waals surface area contributed by atoms with Crippen LogP contribution in [0, 0.1) is 0 Å². The van der Waals surface area contributed by atoms with Gasteiger partial charge in [0.05, 0.1) is 4.90 Å². The lowest BCUT2D eigenvalue weighted by Gasteiger charge is -2.08. The van der Waals surface area contributed by atoms with Gasteiger partial charge in [-0.15, -0.1) is 0 Å². The molecule has 0 radical (unpaired) electrons. The summed E-state index contributed by atoms with van der Waals surface area (Å²) >= 11 is 0. The lowest BCUT2D eigenvalue weighted by molar-refractivity contribution is 0.0955. The summed E-state index contributed by atoms with van der Waals surface area (Å²) in [6, 6.07) is 9.64. The van der Waals surface area contributed by atoms with Crippen LogP contribution in [0.4, 0.5) is 0 Å². The highest BCUT2D eigenvalue weighted by molar-refractivity contribution is 7.90. The van der Waals surface area contributed by atoms with Crippen LogP contribution >= 0.6 is 0 Å². The van der Waals surface area contributed by atoms with Crippen LogP contribution in [0.2, 0.25) is 0 Å². The highest BCUT2D eigenvalue weighted by atomic mass is 32.2. The predicted octanol–water partition coefficient (Wildman–Crippen LogP) is 0.835. The van der Waals surface area contributed by atoms with Gasteiger partial charge in [-0.2, -0.15) is 0 Å². The number of carbonyl (C=O) groups is 1. The number of amides is 1. The van der Waals surface area contributed by atoms with Crippen LogP contribution in [0.25, 0.3) is 0 Å². The Morgan fingerprint density at radius 3 is 2.62 bits per heavy atom. The molecule has 0 saturated carbocycles. The normalized spacial score (nSPS) is 11.1. The number of nitrogens with one attached hydrogen (secondary N) is 1. The summed E-state index contributed by atoms with van der Waals surface area (Å²) in [5.41, 5.74) is -0.428. The number of pyridine rings is 1. The third kappa shape index (κ3) is 3.03. The van der Waals surface area contributed by atoms with Crippen molar-refractivity contribution in [2.24, 2.45) is 0 Å². The summed E-state index contributed by atoms with van der Waals surface area (Å²) in [5, 5.41) is 2.59. The molecule has 6 nitrogen and oxygen atoms in total. The quantitative estimate of drug-likeness (QED) is 0.907. The molecule has 0 atom stereocenters. The van der Waals surface area contributed by atoms with Crippen LogP contribution in [0.15, 0.2) is 58.4 Å².